The molecule has 3 amide bonds. The number of rotatable bonds is 6. The van der Waals surface area contributed by atoms with Crippen LogP contribution in [0.2, 0.25) is 0 Å². The van der Waals surface area contributed by atoms with Gasteiger partial charge in [0, 0.05) is 6.54 Å². The Labute approximate surface area is 203 Å². The Kier molecular flexibility index (Phi) is 6.50. The quantitative estimate of drug-likeness (QED) is 0.567. The number of carbonyl (C=O) groups is 3. The van der Waals surface area contributed by atoms with Crippen LogP contribution < -0.4 is 10.6 Å². The summed E-state index contributed by atoms with van der Waals surface area (Å²) in [6.45, 7) is 0.550. The van der Waals surface area contributed by atoms with Crippen LogP contribution in [-0.2, 0) is 35.3 Å². The average Bonchev–Trinajstić information content (AvgIpc) is 3.06. The molecule has 1 aliphatic carbocycles. The number of fused-ring (bicyclic) bond motifs is 2. The number of nitrogens with one attached hydrogen (secondary N) is 2. The van der Waals surface area contributed by atoms with Gasteiger partial charge in [0.2, 0.25) is 11.8 Å². The van der Waals surface area contributed by atoms with Gasteiger partial charge in [0.05, 0.1) is 11.2 Å². The third-order valence-corrected chi connectivity index (χ3v) is 7.56. The second-order valence-corrected chi connectivity index (χ2v) is 9.95. The number of aryl methyl sites for hydroxylation is 2. The van der Waals surface area contributed by atoms with Gasteiger partial charge in [-0.15, -0.1) is 0 Å². The number of hydrogen-bond acceptors (Lipinski definition) is 4. The highest BCUT2D eigenvalue weighted by Crippen LogP contribution is 2.34. The van der Waals surface area contributed by atoms with Gasteiger partial charge in [-0.1, -0.05) is 84.6 Å². The van der Waals surface area contributed by atoms with E-state index in [9.17, 15) is 14.4 Å². The minimum absolute atomic E-state index is 0.0346. The summed E-state index contributed by atoms with van der Waals surface area (Å²) >= 11 is 1.05. The Morgan fingerprint density at radius 3 is 2.03 bits per heavy atom. The lowest BCUT2D eigenvalue weighted by Crippen LogP contribution is -2.32. The number of thioether (sulfide) groups is 1. The van der Waals surface area contributed by atoms with E-state index in [0.29, 0.717) is 13.0 Å². The maximum Gasteiger partial charge on any atom is 0.286 e. The predicted octanol–water partition coefficient (Wildman–Crippen LogP) is 4.17. The van der Waals surface area contributed by atoms with Gasteiger partial charge in [-0.05, 0) is 59.1 Å². The Morgan fingerprint density at radius 2 is 1.44 bits per heavy atom. The van der Waals surface area contributed by atoms with Crippen LogP contribution in [-0.4, -0.2) is 28.8 Å². The number of benzene rings is 3. The van der Waals surface area contributed by atoms with E-state index in [1.807, 2.05) is 48.5 Å². The molecule has 0 bridgehead atoms. The molecule has 172 valence electrons. The van der Waals surface area contributed by atoms with Crippen molar-refractivity contribution in [2.75, 3.05) is 6.54 Å². The molecule has 1 saturated heterocycles. The maximum absolute atomic E-state index is 13.4. The number of amides is 3. The normalized spacial score (nSPS) is 17.5. The van der Waals surface area contributed by atoms with Crippen molar-refractivity contribution in [3.8, 4) is 0 Å². The minimum atomic E-state index is -0.358. The molecule has 3 aromatic carbocycles. The Bertz CT molecular complexity index is 1190. The molecule has 1 heterocycles. The summed E-state index contributed by atoms with van der Waals surface area (Å²) in [5.41, 5.74) is 6.81. The zero-order chi connectivity index (χ0) is 23.5. The number of imide groups is 1. The van der Waals surface area contributed by atoms with E-state index in [2.05, 4.69) is 34.9 Å². The topological polar surface area (TPSA) is 75.3 Å². The molecule has 1 unspecified atom stereocenters. The summed E-state index contributed by atoms with van der Waals surface area (Å²) in [7, 11) is 0. The number of carbonyl (C=O) groups excluding carboxylic acids is 3. The van der Waals surface area contributed by atoms with Crippen molar-refractivity contribution in [1.29, 1.82) is 0 Å². The van der Waals surface area contributed by atoms with Gasteiger partial charge in [0.25, 0.3) is 5.24 Å². The molecule has 1 fully saturated rings. The molecule has 0 saturated carbocycles. The first kappa shape index (κ1) is 22.4. The van der Waals surface area contributed by atoms with Crippen LogP contribution >= 0.6 is 11.8 Å². The Hall–Kier alpha value is -3.38. The van der Waals surface area contributed by atoms with E-state index in [-0.39, 0.29) is 28.2 Å². The fourth-order valence-corrected chi connectivity index (χ4v) is 5.68. The van der Waals surface area contributed by atoms with Crippen LogP contribution in [0.15, 0.2) is 72.8 Å². The van der Waals surface area contributed by atoms with Crippen LogP contribution in [0.4, 0.5) is 4.79 Å². The molecule has 5 nitrogen and oxygen atoms in total. The van der Waals surface area contributed by atoms with Crippen LogP contribution in [0, 0.1) is 0 Å². The molecule has 5 rings (SSSR count). The molecule has 34 heavy (non-hydrogen) atoms. The fraction of sp³-hybridized carbons (Fsp3) is 0.250. The largest absolute Gasteiger partial charge is 0.355 e. The second kappa shape index (κ2) is 9.85. The lowest BCUT2D eigenvalue weighted by molar-refractivity contribution is -0.121. The van der Waals surface area contributed by atoms with Crippen molar-refractivity contribution in [2.45, 2.75) is 36.9 Å². The van der Waals surface area contributed by atoms with Crippen molar-refractivity contribution < 1.29 is 14.4 Å². The highest BCUT2D eigenvalue weighted by Gasteiger charge is 2.31. The Morgan fingerprint density at radius 1 is 0.853 bits per heavy atom. The fourth-order valence-electron chi connectivity index (χ4n) is 4.82. The third kappa shape index (κ3) is 4.77. The third-order valence-electron chi connectivity index (χ3n) is 6.58. The van der Waals surface area contributed by atoms with Gasteiger partial charge >= 0.3 is 0 Å². The predicted molar refractivity (Wildman–Crippen MR) is 134 cm³/mol. The van der Waals surface area contributed by atoms with Crippen molar-refractivity contribution in [1.82, 2.24) is 10.6 Å². The minimum Gasteiger partial charge on any atom is -0.355 e. The van der Waals surface area contributed by atoms with Crippen LogP contribution in [0.1, 0.15) is 39.3 Å². The van der Waals surface area contributed by atoms with E-state index in [1.54, 1.807) is 0 Å². The number of hydrogen-bond donors (Lipinski definition) is 2. The first-order valence-electron chi connectivity index (χ1n) is 11.6. The summed E-state index contributed by atoms with van der Waals surface area (Å²) in [6.07, 6.45) is 3.13. The molecule has 2 N–H and O–H groups in total. The van der Waals surface area contributed by atoms with E-state index < -0.39 is 0 Å². The smallest absolute Gasteiger partial charge is 0.286 e. The monoisotopic (exact) mass is 470 g/mol. The van der Waals surface area contributed by atoms with Crippen LogP contribution in [0.5, 0.6) is 0 Å². The van der Waals surface area contributed by atoms with E-state index in [4.69, 9.17) is 0 Å². The highest BCUT2D eigenvalue weighted by atomic mass is 32.2. The summed E-state index contributed by atoms with van der Waals surface area (Å²) in [6, 6.07) is 24.6. The first-order chi connectivity index (χ1) is 16.6. The molecule has 0 radical (unpaired) electrons. The molecule has 6 heteroatoms. The summed E-state index contributed by atoms with van der Waals surface area (Å²) in [4.78, 5) is 36.5. The van der Waals surface area contributed by atoms with Gasteiger partial charge in [-0.3, -0.25) is 19.7 Å². The highest BCUT2D eigenvalue weighted by molar-refractivity contribution is 8.15. The zero-order valence-corrected chi connectivity index (χ0v) is 19.6. The summed E-state index contributed by atoms with van der Waals surface area (Å²) in [5.74, 6) is -0.481. The molecule has 0 aromatic heterocycles. The van der Waals surface area contributed by atoms with Gasteiger partial charge in [0.1, 0.15) is 0 Å². The second-order valence-electron chi connectivity index (χ2n) is 8.78. The van der Waals surface area contributed by atoms with Crippen LogP contribution in [0.3, 0.4) is 0 Å². The lowest BCUT2D eigenvalue weighted by atomic mass is 9.87. The van der Waals surface area contributed by atoms with Crippen molar-refractivity contribution in [3.63, 3.8) is 0 Å². The summed E-state index contributed by atoms with van der Waals surface area (Å²) < 4.78 is 0. The first-order valence-corrected chi connectivity index (χ1v) is 12.5. The molecule has 0 spiro atoms. The van der Waals surface area contributed by atoms with Gasteiger partial charge in [-0.25, -0.2) is 0 Å². The zero-order valence-electron chi connectivity index (χ0n) is 18.8. The molecule has 3 aromatic rings. The van der Waals surface area contributed by atoms with Crippen molar-refractivity contribution >= 4 is 28.8 Å². The molecule has 2 aliphatic rings. The van der Waals surface area contributed by atoms with E-state index in [1.165, 1.54) is 11.1 Å². The van der Waals surface area contributed by atoms with Crippen molar-refractivity contribution in [2.24, 2.45) is 0 Å². The molecule has 1 atom stereocenters. The lowest BCUT2D eigenvalue weighted by Gasteiger charge is -2.20. The van der Waals surface area contributed by atoms with E-state index in [0.717, 1.165) is 53.3 Å². The van der Waals surface area contributed by atoms with Gasteiger partial charge < -0.3 is 5.32 Å². The molecule has 1 aliphatic heterocycles. The van der Waals surface area contributed by atoms with Gasteiger partial charge in [0.15, 0.2) is 0 Å². The van der Waals surface area contributed by atoms with Crippen molar-refractivity contribution in [3.05, 3.63) is 106 Å². The standard InChI is InChI=1S/C28H26N2O3S/c31-26-24(34-28(33)30-26)17-19-11-9-18(10-12-19)15-16-29-27(32)25-22-7-3-1-5-20(22)13-14-21-6-2-4-8-23(21)25/h1-12,24-25H,13-17H2,(H,29,32)(H,30,31,33). The maximum atomic E-state index is 13.4. The van der Waals surface area contributed by atoms with Gasteiger partial charge in [-0.2, -0.15) is 0 Å². The molecular formula is C28H26N2O3S. The summed E-state index contributed by atoms with van der Waals surface area (Å²) in [5, 5.41) is 4.85. The SMILES string of the molecule is O=C1NC(=O)C(Cc2ccc(CCNC(=O)C3c4ccccc4CCc4ccccc43)cc2)S1. The Balaban J connectivity index is 1.23. The van der Waals surface area contributed by atoms with Crippen LogP contribution in [0.25, 0.3) is 0 Å². The average molecular weight is 471 g/mol. The molecular weight excluding hydrogens is 444 g/mol. The van der Waals surface area contributed by atoms with E-state index >= 15 is 0 Å².